The molecular formula is C17H28N2O. The van der Waals surface area contributed by atoms with Crippen LogP contribution in [0.3, 0.4) is 0 Å². The molecule has 112 valence electrons. The van der Waals surface area contributed by atoms with Gasteiger partial charge in [-0.2, -0.15) is 0 Å². The van der Waals surface area contributed by atoms with Crippen molar-refractivity contribution in [1.29, 1.82) is 0 Å². The lowest BCUT2D eigenvalue weighted by Crippen LogP contribution is -2.23. The quantitative estimate of drug-likeness (QED) is 0.889. The molecule has 1 aliphatic rings. The van der Waals surface area contributed by atoms with Crippen LogP contribution in [0.1, 0.15) is 33.1 Å². The molecule has 1 saturated heterocycles. The zero-order chi connectivity index (χ0) is 14.4. The summed E-state index contributed by atoms with van der Waals surface area (Å²) in [6.07, 6.45) is 3.71. The van der Waals surface area contributed by atoms with Crippen LogP contribution < -0.4 is 10.1 Å². The van der Waals surface area contributed by atoms with Crippen molar-refractivity contribution in [2.75, 3.05) is 32.1 Å². The van der Waals surface area contributed by atoms with Crippen LogP contribution in [-0.2, 0) is 0 Å². The first kappa shape index (κ1) is 15.2. The van der Waals surface area contributed by atoms with Crippen molar-refractivity contribution in [2.24, 2.45) is 5.92 Å². The summed E-state index contributed by atoms with van der Waals surface area (Å²) in [5, 5.41) is 3.68. The standard InChI is InChI=1S/C17H28N2O/c1-14(2)13-20-17-9-5-4-8-16(17)18-15-7-6-11-19(3)12-10-15/h4-5,8-9,14-15,18H,6-7,10-13H2,1-3H3. The maximum atomic E-state index is 5.92. The molecule has 1 atom stereocenters. The Morgan fingerprint density at radius 1 is 1.25 bits per heavy atom. The van der Waals surface area contributed by atoms with E-state index in [-0.39, 0.29) is 0 Å². The van der Waals surface area contributed by atoms with Crippen LogP contribution in [0.2, 0.25) is 0 Å². The van der Waals surface area contributed by atoms with Gasteiger partial charge >= 0.3 is 0 Å². The van der Waals surface area contributed by atoms with Gasteiger partial charge in [0, 0.05) is 6.04 Å². The van der Waals surface area contributed by atoms with Gasteiger partial charge in [-0.1, -0.05) is 26.0 Å². The normalized spacial score (nSPS) is 20.7. The molecule has 0 radical (unpaired) electrons. The molecule has 0 amide bonds. The monoisotopic (exact) mass is 276 g/mol. The second-order valence-electron chi connectivity index (χ2n) is 6.28. The minimum absolute atomic E-state index is 0.551. The molecule has 3 nitrogen and oxygen atoms in total. The molecule has 20 heavy (non-hydrogen) atoms. The first-order valence-electron chi connectivity index (χ1n) is 7.82. The van der Waals surface area contributed by atoms with Crippen LogP contribution in [0.25, 0.3) is 0 Å². The summed E-state index contributed by atoms with van der Waals surface area (Å²) < 4.78 is 5.92. The van der Waals surface area contributed by atoms with Crippen molar-refractivity contribution >= 4 is 5.69 Å². The van der Waals surface area contributed by atoms with Gasteiger partial charge in [-0.3, -0.25) is 0 Å². The Labute approximate surface area is 123 Å². The molecule has 0 bridgehead atoms. The molecule has 0 aliphatic carbocycles. The highest BCUT2D eigenvalue weighted by Crippen LogP contribution is 2.26. The Balaban J connectivity index is 1.97. The molecule has 0 aromatic heterocycles. The Hall–Kier alpha value is -1.22. The molecule has 1 unspecified atom stereocenters. The van der Waals surface area contributed by atoms with Gasteiger partial charge in [0.05, 0.1) is 12.3 Å². The SMILES string of the molecule is CC(C)COc1ccccc1NC1CCCN(C)CC1. The van der Waals surface area contributed by atoms with Gasteiger partial charge in [0.15, 0.2) is 0 Å². The number of benzene rings is 1. The van der Waals surface area contributed by atoms with E-state index in [2.05, 4.69) is 49.3 Å². The Morgan fingerprint density at radius 2 is 2.05 bits per heavy atom. The fourth-order valence-electron chi connectivity index (χ4n) is 2.57. The summed E-state index contributed by atoms with van der Waals surface area (Å²) in [5.74, 6) is 1.54. The highest BCUT2D eigenvalue weighted by molar-refractivity contribution is 5.56. The van der Waals surface area contributed by atoms with E-state index in [1.807, 2.05) is 6.07 Å². The number of hydrogen-bond acceptors (Lipinski definition) is 3. The molecule has 1 N–H and O–H groups in total. The highest BCUT2D eigenvalue weighted by atomic mass is 16.5. The number of likely N-dealkylation sites (tertiary alicyclic amines) is 1. The van der Waals surface area contributed by atoms with Crippen LogP contribution in [-0.4, -0.2) is 37.7 Å². The predicted molar refractivity (Wildman–Crippen MR) is 85.5 cm³/mol. The second-order valence-corrected chi connectivity index (χ2v) is 6.28. The fraction of sp³-hybridized carbons (Fsp3) is 0.647. The number of hydrogen-bond donors (Lipinski definition) is 1. The zero-order valence-electron chi connectivity index (χ0n) is 13.1. The third-order valence-electron chi connectivity index (χ3n) is 3.77. The smallest absolute Gasteiger partial charge is 0.142 e. The predicted octanol–water partition coefficient (Wildman–Crippen LogP) is 3.62. The molecule has 1 aliphatic heterocycles. The van der Waals surface area contributed by atoms with Crippen molar-refractivity contribution in [1.82, 2.24) is 4.90 Å². The van der Waals surface area contributed by atoms with Crippen LogP contribution in [0, 0.1) is 5.92 Å². The lowest BCUT2D eigenvalue weighted by atomic mass is 10.1. The van der Waals surface area contributed by atoms with Crippen molar-refractivity contribution in [3.8, 4) is 5.75 Å². The van der Waals surface area contributed by atoms with Gasteiger partial charge in [0.2, 0.25) is 0 Å². The fourth-order valence-corrected chi connectivity index (χ4v) is 2.57. The molecular weight excluding hydrogens is 248 g/mol. The Morgan fingerprint density at radius 3 is 2.85 bits per heavy atom. The van der Waals surface area contributed by atoms with E-state index in [4.69, 9.17) is 4.74 Å². The van der Waals surface area contributed by atoms with Gasteiger partial charge in [-0.15, -0.1) is 0 Å². The van der Waals surface area contributed by atoms with E-state index in [1.165, 1.54) is 32.4 Å². The molecule has 1 fully saturated rings. The van der Waals surface area contributed by atoms with Gasteiger partial charge in [0.25, 0.3) is 0 Å². The lowest BCUT2D eigenvalue weighted by molar-refractivity contribution is 0.272. The van der Waals surface area contributed by atoms with E-state index in [1.54, 1.807) is 0 Å². The van der Waals surface area contributed by atoms with Crippen LogP contribution in [0.4, 0.5) is 5.69 Å². The molecule has 0 saturated carbocycles. The van der Waals surface area contributed by atoms with Gasteiger partial charge in [0.1, 0.15) is 5.75 Å². The number of nitrogens with one attached hydrogen (secondary N) is 1. The maximum absolute atomic E-state index is 5.92. The van der Waals surface area contributed by atoms with Crippen molar-refractivity contribution in [3.63, 3.8) is 0 Å². The van der Waals surface area contributed by atoms with Crippen molar-refractivity contribution in [3.05, 3.63) is 24.3 Å². The number of nitrogens with zero attached hydrogens (tertiary/aromatic N) is 1. The topological polar surface area (TPSA) is 24.5 Å². The van der Waals surface area contributed by atoms with E-state index in [0.717, 1.165) is 18.0 Å². The largest absolute Gasteiger partial charge is 0.491 e. The summed E-state index contributed by atoms with van der Waals surface area (Å²) in [6, 6.07) is 8.87. The number of para-hydroxylation sites is 2. The zero-order valence-corrected chi connectivity index (χ0v) is 13.1. The first-order valence-corrected chi connectivity index (χ1v) is 7.82. The van der Waals surface area contributed by atoms with E-state index in [9.17, 15) is 0 Å². The first-order chi connectivity index (χ1) is 9.65. The second kappa shape index (κ2) is 7.53. The summed E-state index contributed by atoms with van der Waals surface area (Å²) in [7, 11) is 2.21. The average molecular weight is 276 g/mol. The summed E-state index contributed by atoms with van der Waals surface area (Å²) in [5.41, 5.74) is 1.14. The molecule has 1 heterocycles. The average Bonchev–Trinajstić information content (AvgIpc) is 2.63. The van der Waals surface area contributed by atoms with Gasteiger partial charge in [-0.05, 0) is 57.5 Å². The van der Waals surface area contributed by atoms with E-state index >= 15 is 0 Å². The third kappa shape index (κ3) is 4.71. The van der Waals surface area contributed by atoms with Crippen molar-refractivity contribution in [2.45, 2.75) is 39.2 Å². The summed E-state index contributed by atoms with van der Waals surface area (Å²) in [6.45, 7) is 7.51. The minimum Gasteiger partial charge on any atom is -0.491 e. The van der Waals surface area contributed by atoms with Crippen LogP contribution in [0.5, 0.6) is 5.75 Å². The van der Waals surface area contributed by atoms with Crippen molar-refractivity contribution < 1.29 is 4.74 Å². The van der Waals surface area contributed by atoms with Crippen LogP contribution >= 0.6 is 0 Å². The summed E-state index contributed by atoms with van der Waals surface area (Å²) >= 11 is 0. The molecule has 0 spiro atoms. The van der Waals surface area contributed by atoms with Gasteiger partial charge in [-0.25, -0.2) is 0 Å². The Kier molecular flexibility index (Phi) is 5.72. The maximum Gasteiger partial charge on any atom is 0.142 e. The number of ether oxygens (including phenoxy) is 1. The highest BCUT2D eigenvalue weighted by Gasteiger charge is 2.16. The van der Waals surface area contributed by atoms with E-state index in [0.29, 0.717) is 12.0 Å². The van der Waals surface area contributed by atoms with Gasteiger partial charge < -0.3 is 15.0 Å². The molecule has 1 aromatic carbocycles. The molecule has 1 aromatic rings. The van der Waals surface area contributed by atoms with Crippen LogP contribution in [0.15, 0.2) is 24.3 Å². The summed E-state index contributed by atoms with van der Waals surface area (Å²) in [4.78, 5) is 2.42. The lowest BCUT2D eigenvalue weighted by Gasteiger charge is -2.21. The molecule has 3 heteroatoms. The number of anilines is 1. The Bertz CT molecular complexity index is 406. The molecule has 2 rings (SSSR count). The minimum atomic E-state index is 0.551. The van der Waals surface area contributed by atoms with E-state index < -0.39 is 0 Å². The third-order valence-corrected chi connectivity index (χ3v) is 3.77. The number of rotatable bonds is 5.